The molecule has 21 heavy (non-hydrogen) atoms. The van der Waals surface area contributed by atoms with Crippen molar-refractivity contribution in [3.05, 3.63) is 35.5 Å². The molecule has 1 fully saturated rings. The van der Waals surface area contributed by atoms with Crippen molar-refractivity contribution in [1.29, 1.82) is 0 Å². The van der Waals surface area contributed by atoms with E-state index in [0.717, 1.165) is 11.2 Å². The Morgan fingerprint density at radius 2 is 1.57 bits per heavy atom. The monoisotopic (exact) mass is 301 g/mol. The Labute approximate surface area is 130 Å². The van der Waals surface area contributed by atoms with Crippen molar-refractivity contribution < 1.29 is 9.31 Å². The summed E-state index contributed by atoms with van der Waals surface area (Å²) in [4.78, 5) is 5.52. The number of thiazole rings is 1. The third-order valence-electron chi connectivity index (χ3n) is 4.44. The minimum atomic E-state index is -0.301. The third kappa shape index (κ3) is 2.54. The summed E-state index contributed by atoms with van der Waals surface area (Å²) in [5, 5.41) is 0. The highest BCUT2D eigenvalue weighted by molar-refractivity contribution is 7.13. The van der Waals surface area contributed by atoms with E-state index in [1.807, 2.05) is 12.4 Å². The van der Waals surface area contributed by atoms with Crippen LogP contribution in [0.25, 0.3) is 10.4 Å². The number of aryl methyl sites for hydroxylation is 1. The Kier molecular flexibility index (Phi) is 3.47. The van der Waals surface area contributed by atoms with Gasteiger partial charge in [-0.15, -0.1) is 11.3 Å². The number of hydrogen-bond acceptors (Lipinski definition) is 4. The van der Waals surface area contributed by atoms with Gasteiger partial charge >= 0.3 is 7.12 Å². The molecule has 0 radical (unpaired) electrons. The van der Waals surface area contributed by atoms with E-state index in [9.17, 15) is 0 Å². The number of benzene rings is 1. The van der Waals surface area contributed by atoms with Crippen LogP contribution in [0.5, 0.6) is 0 Å². The van der Waals surface area contributed by atoms with Crippen LogP contribution in [0.15, 0.2) is 29.8 Å². The van der Waals surface area contributed by atoms with Crippen molar-refractivity contribution in [3.8, 4) is 10.4 Å². The highest BCUT2D eigenvalue weighted by atomic mass is 32.1. The third-order valence-corrected chi connectivity index (χ3v) is 5.42. The lowest BCUT2D eigenvalue weighted by Crippen LogP contribution is -2.41. The fourth-order valence-corrected chi connectivity index (χ4v) is 3.16. The van der Waals surface area contributed by atoms with E-state index >= 15 is 0 Å². The van der Waals surface area contributed by atoms with Gasteiger partial charge in [-0.2, -0.15) is 0 Å². The smallest absolute Gasteiger partial charge is 0.399 e. The van der Waals surface area contributed by atoms with Crippen molar-refractivity contribution in [3.63, 3.8) is 0 Å². The summed E-state index contributed by atoms with van der Waals surface area (Å²) in [7, 11) is -0.299. The highest BCUT2D eigenvalue weighted by Gasteiger charge is 2.51. The van der Waals surface area contributed by atoms with E-state index in [-0.39, 0.29) is 18.3 Å². The van der Waals surface area contributed by atoms with Gasteiger partial charge in [0.2, 0.25) is 0 Å². The van der Waals surface area contributed by atoms with Gasteiger partial charge in [-0.3, -0.25) is 0 Å². The molecule has 0 atom stereocenters. The second-order valence-corrected chi connectivity index (χ2v) is 7.33. The van der Waals surface area contributed by atoms with Gasteiger partial charge in [0, 0.05) is 0 Å². The molecule has 0 aliphatic carbocycles. The van der Waals surface area contributed by atoms with Crippen molar-refractivity contribution in [2.75, 3.05) is 0 Å². The van der Waals surface area contributed by atoms with E-state index < -0.39 is 0 Å². The SMILES string of the molecule is Cc1ncsc1-c1ccc(B2OC(C)(C)C(C)(C)O2)cc1. The van der Waals surface area contributed by atoms with Crippen LogP contribution in [-0.4, -0.2) is 23.3 Å². The van der Waals surface area contributed by atoms with Crippen LogP contribution < -0.4 is 5.46 Å². The second-order valence-electron chi connectivity index (χ2n) is 6.48. The second kappa shape index (κ2) is 4.94. The first-order valence-corrected chi connectivity index (χ1v) is 8.04. The molecule has 5 heteroatoms. The molecule has 2 heterocycles. The number of nitrogens with zero attached hydrogens (tertiary/aromatic N) is 1. The number of hydrogen-bond donors (Lipinski definition) is 0. The summed E-state index contributed by atoms with van der Waals surface area (Å²) in [6.07, 6.45) is 0. The molecule has 110 valence electrons. The first-order chi connectivity index (χ1) is 9.80. The maximum atomic E-state index is 6.07. The summed E-state index contributed by atoms with van der Waals surface area (Å²) in [5.74, 6) is 0. The fourth-order valence-electron chi connectivity index (χ4n) is 2.35. The van der Waals surface area contributed by atoms with Crippen LogP contribution in [0.4, 0.5) is 0 Å². The Balaban J connectivity index is 1.85. The first kappa shape index (κ1) is 14.8. The maximum absolute atomic E-state index is 6.07. The van der Waals surface area contributed by atoms with Gasteiger partial charge in [-0.05, 0) is 45.6 Å². The topological polar surface area (TPSA) is 31.4 Å². The van der Waals surface area contributed by atoms with Crippen molar-refractivity contribution in [1.82, 2.24) is 4.98 Å². The molecule has 0 N–H and O–H groups in total. The highest BCUT2D eigenvalue weighted by Crippen LogP contribution is 2.36. The minimum absolute atomic E-state index is 0.299. The molecule has 1 aromatic heterocycles. The van der Waals surface area contributed by atoms with E-state index in [1.54, 1.807) is 11.3 Å². The van der Waals surface area contributed by atoms with Crippen LogP contribution in [0.1, 0.15) is 33.4 Å². The maximum Gasteiger partial charge on any atom is 0.494 e. The molecule has 1 aliphatic rings. The van der Waals surface area contributed by atoms with E-state index in [1.165, 1.54) is 10.4 Å². The molecule has 0 spiro atoms. The molecule has 0 saturated carbocycles. The zero-order chi connectivity index (χ0) is 15.3. The zero-order valence-electron chi connectivity index (χ0n) is 13.1. The van der Waals surface area contributed by atoms with E-state index in [2.05, 4.69) is 56.9 Å². The average molecular weight is 301 g/mol. The minimum Gasteiger partial charge on any atom is -0.399 e. The molecule has 1 aliphatic heterocycles. The standard InChI is InChI=1S/C16H20BNO2S/c1-11-14(21-10-18-11)12-6-8-13(9-7-12)17-19-15(2,3)16(4,5)20-17/h6-10H,1-5H3. The van der Waals surface area contributed by atoms with E-state index in [4.69, 9.17) is 9.31 Å². The summed E-state index contributed by atoms with van der Waals surface area (Å²) >= 11 is 1.67. The molecule has 0 bridgehead atoms. The predicted octanol–water partition coefficient (Wildman–Crippen LogP) is 3.42. The number of rotatable bonds is 2. The fraction of sp³-hybridized carbons (Fsp3) is 0.438. The predicted molar refractivity (Wildman–Crippen MR) is 88.0 cm³/mol. The lowest BCUT2D eigenvalue weighted by molar-refractivity contribution is 0.00578. The molecule has 0 unspecified atom stereocenters. The van der Waals surface area contributed by atoms with E-state index in [0.29, 0.717) is 0 Å². The van der Waals surface area contributed by atoms with Crippen molar-refractivity contribution in [2.45, 2.75) is 45.8 Å². The van der Waals surface area contributed by atoms with Gasteiger partial charge in [0.15, 0.2) is 0 Å². The molecule has 2 aromatic rings. The van der Waals surface area contributed by atoms with Crippen molar-refractivity contribution >= 4 is 23.9 Å². The largest absolute Gasteiger partial charge is 0.494 e. The Bertz CT molecular complexity index is 633. The van der Waals surface area contributed by atoms with Gasteiger partial charge < -0.3 is 9.31 Å². The van der Waals surface area contributed by atoms with Gasteiger partial charge in [-0.1, -0.05) is 24.3 Å². The average Bonchev–Trinajstić information content (AvgIpc) is 2.92. The lowest BCUT2D eigenvalue weighted by Gasteiger charge is -2.32. The molecule has 0 amide bonds. The summed E-state index contributed by atoms with van der Waals surface area (Å²) in [6.45, 7) is 10.3. The summed E-state index contributed by atoms with van der Waals surface area (Å²) in [6, 6.07) is 8.38. The molecule has 3 nitrogen and oxygen atoms in total. The van der Waals surface area contributed by atoms with Gasteiger partial charge in [-0.25, -0.2) is 4.98 Å². The Morgan fingerprint density at radius 3 is 2.05 bits per heavy atom. The summed E-state index contributed by atoms with van der Waals surface area (Å²) < 4.78 is 12.1. The van der Waals surface area contributed by atoms with Crippen LogP contribution in [0.3, 0.4) is 0 Å². The Hall–Kier alpha value is -1.17. The lowest BCUT2D eigenvalue weighted by atomic mass is 9.79. The van der Waals surface area contributed by atoms with Gasteiger partial charge in [0.05, 0.1) is 27.3 Å². The van der Waals surface area contributed by atoms with Gasteiger partial charge in [0.1, 0.15) is 0 Å². The van der Waals surface area contributed by atoms with Crippen LogP contribution in [0.2, 0.25) is 0 Å². The van der Waals surface area contributed by atoms with Crippen LogP contribution in [0, 0.1) is 6.92 Å². The number of aromatic nitrogens is 1. The molecule has 1 aromatic carbocycles. The molecule has 3 rings (SSSR count). The van der Waals surface area contributed by atoms with Crippen LogP contribution in [-0.2, 0) is 9.31 Å². The summed E-state index contributed by atoms with van der Waals surface area (Å²) in [5.41, 5.74) is 4.60. The quantitative estimate of drug-likeness (QED) is 0.797. The van der Waals surface area contributed by atoms with Crippen LogP contribution >= 0.6 is 11.3 Å². The van der Waals surface area contributed by atoms with Gasteiger partial charge in [0.25, 0.3) is 0 Å². The molecule has 1 saturated heterocycles. The normalized spacial score (nSPS) is 20.0. The molecular formula is C16H20BNO2S. The molecular weight excluding hydrogens is 281 g/mol. The zero-order valence-corrected chi connectivity index (χ0v) is 14.0. The first-order valence-electron chi connectivity index (χ1n) is 7.16. The van der Waals surface area contributed by atoms with Crippen molar-refractivity contribution in [2.24, 2.45) is 0 Å². The Morgan fingerprint density at radius 1 is 1.00 bits per heavy atom.